The molecule has 0 saturated heterocycles. The van der Waals surface area contributed by atoms with Crippen molar-refractivity contribution in [3.05, 3.63) is 0 Å². The summed E-state index contributed by atoms with van der Waals surface area (Å²) in [5, 5.41) is 0. The monoisotopic (exact) mass is 705 g/mol. The Labute approximate surface area is 133 Å². The van der Waals surface area contributed by atoms with Gasteiger partial charge < -0.3 is 80.2 Å². The van der Waals surface area contributed by atoms with E-state index >= 15 is 0 Å². The molecule has 9 heteroatoms. The van der Waals surface area contributed by atoms with Crippen LogP contribution in [0.5, 0.6) is 0 Å². The molecule has 70 valence electrons. The summed E-state index contributed by atoms with van der Waals surface area (Å²) in [6.45, 7) is 0. The van der Waals surface area contributed by atoms with Crippen molar-refractivity contribution in [1.29, 1.82) is 0 Å². The van der Waals surface area contributed by atoms with Crippen LogP contribution in [0, 0.1) is 0 Å². The van der Waals surface area contributed by atoms with Crippen LogP contribution >= 0.6 is 34.0 Å². The van der Waals surface area contributed by atoms with Crippen molar-refractivity contribution in [2.75, 3.05) is 0 Å². The van der Waals surface area contributed by atoms with E-state index in [0.29, 0.717) is 0 Å². The van der Waals surface area contributed by atoms with Crippen molar-refractivity contribution in [3.8, 4) is 0 Å². The summed E-state index contributed by atoms with van der Waals surface area (Å²) in [4.78, 5) is 0. The van der Waals surface area contributed by atoms with E-state index < -0.39 is 0 Å². The molecule has 6 N–H and O–H groups in total. The van der Waals surface area contributed by atoms with Gasteiger partial charge in [-0.1, -0.05) is 0 Å². The van der Waals surface area contributed by atoms with Crippen LogP contribution in [0.15, 0.2) is 0 Å². The fourth-order valence-electron chi connectivity index (χ4n) is 0. The molecule has 0 aliphatic carbocycles. The van der Waals surface area contributed by atoms with E-state index in [1.165, 1.54) is 0 Å². The van der Waals surface area contributed by atoms with Gasteiger partial charge in [0.05, 0.1) is 0 Å². The second-order valence-electron chi connectivity index (χ2n) is 0. The SMILES string of the molecule is Br.Br.N.N.[Br-].[Br-].[Br-].[Br-].[Pt+4]. The van der Waals surface area contributed by atoms with E-state index in [4.69, 9.17) is 0 Å². The molecule has 0 aromatic heterocycles. The maximum atomic E-state index is 0. The number of halogens is 6. The van der Waals surface area contributed by atoms with E-state index in [-0.39, 0.29) is 135 Å². The molecule has 0 amide bonds. The molecule has 0 aliphatic heterocycles. The minimum absolute atomic E-state index is 0. The summed E-state index contributed by atoms with van der Waals surface area (Å²) in [5.41, 5.74) is 0. The Kier molecular flexibility index (Phi) is 1560. The van der Waals surface area contributed by atoms with Crippen molar-refractivity contribution in [2.45, 2.75) is 0 Å². The number of hydrogen-bond donors (Lipinski definition) is 2. The minimum atomic E-state index is 0. The van der Waals surface area contributed by atoms with Gasteiger partial charge in [-0.25, -0.2) is 0 Å². The van der Waals surface area contributed by atoms with Gasteiger partial charge in [-0.2, -0.15) is 0 Å². The first-order valence-electron chi connectivity index (χ1n) is 0. The van der Waals surface area contributed by atoms with Crippen molar-refractivity contribution in [3.63, 3.8) is 0 Å². The summed E-state index contributed by atoms with van der Waals surface area (Å²) in [7, 11) is 0. The fourth-order valence-corrected chi connectivity index (χ4v) is 0. The molecule has 0 saturated carbocycles. The Morgan fingerprint density at radius 1 is 0.444 bits per heavy atom. The molecule has 0 aliphatic rings. The van der Waals surface area contributed by atoms with Crippen molar-refractivity contribution < 1.29 is 89.0 Å². The Balaban J connectivity index is 0. The molecule has 0 spiro atoms. The van der Waals surface area contributed by atoms with Crippen molar-refractivity contribution in [1.82, 2.24) is 12.3 Å². The molecule has 0 bridgehead atoms. The third-order valence-corrected chi connectivity index (χ3v) is 0. The normalized spacial score (nSPS) is 0. The van der Waals surface area contributed by atoms with Crippen LogP contribution in [-0.4, -0.2) is 0 Å². The third-order valence-electron chi connectivity index (χ3n) is 0. The molecule has 0 atom stereocenters. The number of hydrogen-bond acceptors (Lipinski definition) is 2. The van der Waals surface area contributed by atoms with Crippen LogP contribution < -0.4 is 80.2 Å². The Morgan fingerprint density at radius 3 is 0.444 bits per heavy atom. The van der Waals surface area contributed by atoms with E-state index in [1.54, 1.807) is 0 Å². The summed E-state index contributed by atoms with van der Waals surface area (Å²) < 4.78 is 0. The predicted molar refractivity (Wildman–Crippen MR) is 30.7 cm³/mol. The van der Waals surface area contributed by atoms with Gasteiger partial charge in [-0.05, 0) is 0 Å². The average Bonchev–Trinajstić information content (AvgIpc) is 0. The molecule has 0 fully saturated rings. The molecule has 0 unspecified atom stereocenters. The summed E-state index contributed by atoms with van der Waals surface area (Å²) in [6, 6.07) is 0. The zero-order valence-corrected chi connectivity index (χ0v) is 16.1. The van der Waals surface area contributed by atoms with Gasteiger partial charge in [0.2, 0.25) is 0 Å². The summed E-state index contributed by atoms with van der Waals surface area (Å²) in [5.74, 6) is 0. The van der Waals surface area contributed by atoms with E-state index in [2.05, 4.69) is 0 Å². The van der Waals surface area contributed by atoms with Crippen LogP contribution in [0.25, 0.3) is 0 Å². The zero-order valence-electron chi connectivity index (χ0n) is 4.06. The maximum Gasteiger partial charge on any atom is 4.00 e. The van der Waals surface area contributed by atoms with Crippen LogP contribution in [0.3, 0.4) is 0 Å². The first kappa shape index (κ1) is 135. The topological polar surface area (TPSA) is 70.0 Å². The first-order valence-corrected chi connectivity index (χ1v) is 0. The standard InChI is InChI=1S/6BrH.2H3N.Pt/h6*1H;2*1H3;/q;;;;;;;;+4/p-4. The first-order chi connectivity index (χ1) is 0. The van der Waals surface area contributed by atoms with Gasteiger partial charge in [0.15, 0.2) is 0 Å². The van der Waals surface area contributed by atoms with Crippen LogP contribution in [-0.2, 0) is 21.1 Å². The molecule has 2 nitrogen and oxygen atoms in total. The Bertz CT molecular complexity index is 11.0. The van der Waals surface area contributed by atoms with Crippen LogP contribution in [0.1, 0.15) is 0 Å². The summed E-state index contributed by atoms with van der Waals surface area (Å²) >= 11 is 0. The molecule has 0 rings (SSSR count). The average molecular weight is 711 g/mol. The smallest absolute Gasteiger partial charge is 1.00 e. The summed E-state index contributed by atoms with van der Waals surface area (Å²) in [6.07, 6.45) is 0. The Hall–Kier alpha value is 3.49. The van der Waals surface area contributed by atoms with Gasteiger partial charge >= 0.3 is 21.1 Å². The zero-order chi connectivity index (χ0) is 0. The van der Waals surface area contributed by atoms with Gasteiger partial charge in [-0.15, -0.1) is 34.0 Å². The molecule has 0 heterocycles. The van der Waals surface area contributed by atoms with Crippen molar-refractivity contribution in [2.24, 2.45) is 0 Å². The van der Waals surface area contributed by atoms with Crippen LogP contribution in [0.2, 0.25) is 0 Å². The fraction of sp³-hybridized carbons (Fsp3) is 0. The van der Waals surface area contributed by atoms with Gasteiger partial charge in [0.25, 0.3) is 0 Å². The largest absolute Gasteiger partial charge is 4.00 e. The second kappa shape index (κ2) is 104. The number of rotatable bonds is 0. The van der Waals surface area contributed by atoms with E-state index in [1.807, 2.05) is 0 Å². The quantitative estimate of drug-likeness (QED) is 0.263. The van der Waals surface area contributed by atoms with E-state index in [9.17, 15) is 0 Å². The predicted octanol–water partition coefficient (Wildman–Crippen LogP) is -10.5. The van der Waals surface area contributed by atoms with Crippen molar-refractivity contribution >= 4 is 34.0 Å². The van der Waals surface area contributed by atoms with Gasteiger partial charge in [-0.3, -0.25) is 0 Å². The Morgan fingerprint density at radius 2 is 0.444 bits per heavy atom. The molecular weight excluding hydrogens is 703 g/mol. The molecule has 0 aromatic carbocycles. The molecule has 0 radical (unpaired) electrons. The van der Waals surface area contributed by atoms with E-state index in [0.717, 1.165) is 0 Å². The molecule has 0 aromatic rings. The van der Waals surface area contributed by atoms with Gasteiger partial charge in [0, 0.05) is 0 Å². The maximum absolute atomic E-state index is 0. The third kappa shape index (κ3) is 85.0. The minimum Gasteiger partial charge on any atom is -1.00 e. The molecular formula is H8Br6N2Pt. The van der Waals surface area contributed by atoms with Gasteiger partial charge in [0.1, 0.15) is 0 Å². The second-order valence-corrected chi connectivity index (χ2v) is 0. The van der Waals surface area contributed by atoms with Crippen LogP contribution in [0.4, 0.5) is 0 Å². The molecule has 9 heavy (non-hydrogen) atoms.